The molecule has 4 atom stereocenters. The molecule has 0 aliphatic carbocycles. The summed E-state index contributed by atoms with van der Waals surface area (Å²) in [6.07, 6.45) is 1.38. The van der Waals surface area contributed by atoms with Crippen molar-refractivity contribution >= 4 is 16.9 Å². The molecule has 1 aliphatic heterocycles. The van der Waals surface area contributed by atoms with Crippen molar-refractivity contribution in [1.29, 1.82) is 0 Å². The number of nitrogens with two attached hydrogens (primary N) is 1. The second-order valence-corrected chi connectivity index (χ2v) is 6.26. The largest absolute Gasteiger partial charge is 0.464 e. The molecule has 1 aliphatic rings. The Bertz CT molecular complexity index is 905. The predicted molar refractivity (Wildman–Crippen MR) is 87.3 cm³/mol. The van der Waals surface area contributed by atoms with Gasteiger partial charge in [-0.25, -0.2) is 9.97 Å². The van der Waals surface area contributed by atoms with Crippen LogP contribution in [0.3, 0.4) is 0 Å². The lowest BCUT2D eigenvalue weighted by molar-refractivity contribution is -0.0948. The number of aliphatic hydroxyl groups is 3. The molecule has 0 spiro atoms. The summed E-state index contributed by atoms with van der Waals surface area (Å²) < 4.78 is 12.7. The Morgan fingerprint density at radius 1 is 1.40 bits per heavy atom. The molecule has 1 fully saturated rings. The number of rotatable bonds is 3. The SMILES string of the molecule is C[C@@]1(O)C(O)[C@@H](CO)O[C@H]1n1cc(-c2ccco2)c2c(N)ncnc21. The van der Waals surface area contributed by atoms with E-state index < -0.39 is 30.6 Å². The average Bonchev–Trinajstić information content (AvgIpc) is 3.27. The number of hydrogen-bond donors (Lipinski definition) is 4. The summed E-state index contributed by atoms with van der Waals surface area (Å²) in [5.74, 6) is 0.814. The number of furan rings is 1. The van der Waals surface area contributed by atoms with Crippen LogP contribution in [-0.2, 0) is 4.74 Å². The third-order valence-corrected chi connectivity index (χ3v) is 4.61. The van der Waals surface area contributed by atoms with E-state index in [9.17, 15) is 15.3 Å². The third kappa shape index (κ3) is 2.24. The average molecular weight is 346 g/mol. The molecule has 3 aromatic rings. The number of nitrogen functional groups attached to an aromatic ring is 1. The predicted octanol–water partition coefficient (Wildman–Crippen LogP) is 0.275. The molecule has 4 heterocycles. The monoisotopic (exact) mass is 346 g/mol. The van der Waals surface area contributed by atoms with Crippen LogP contribution in [-0.4, -0.2) is 54.3 Å². The fourth-order valence-corrected chi connectivity index (χ4v) is 3.30. The molecule has 0 aromatic carbocycles. The molecule has 1 saturated heterocycles. The molecule has 9 heteroatoms. The van der Waals surface area contributed by atoms with E-state index in [1.807, 2.05) is 0 Å². The Labute approximate surface area is 142 Å². The first-order chi connectivity index (χ1) is 11.9. The van der Waals surface area contributed by atoms with Crippen LogP contribution in [0, 0.1) is 0 Å². The van der Waals surface area contributed by atoms with Crippen molar-refractivity contribution in [2.45, 2.75) is 31.0 Å². The summed E-state index contributed by atoms with van der Waals surface area (Å²) >= 11 is 0. The molecule has 0 saturated carbocycles. The van der Waals surface area contributed by atoms with Crippen molar-refractivity contribution in [1.82, 2.24) is 14.5 Å². The highest BCUT2D eigenvalue weighted by molar-refractivity contribution is 5.99. The molecule has 0 amide bonds. The van der Waals surface area contributed by atoms with Gasteiger partial charge >= 0.3 is 0 Å². The van der Waals surface area contributed by atoms with Gasteiger partial charge in [0.2, 0.25) is 0 Å². The van der Waals surface area contributed by atoms with Crippen molar-refractivity contribution in [3.8, 4) is 11.3 Å². The van der Waals surface area contributed by atoms with Gasteiger partial charge in [-0.1, -0.05) is 0 Å². The van der Waals surface area contributed by atoms with Crippen LogP contribution >= 0.6 is 0 Å². The van der Waals surface area contributed by atoms with Crippen LogP contribution in [0.4, 0.5) is 5.82 Å². The molecule has 4 rings (SSSR count). The zero-order valence-electron chi connectivity index (χ0n) is 13.4. The molecular weight excluding hydrogens is 328 g/mol. The fourth-order valence-electron chi connectivity index (χ4n) is 3.30. The van der Waals surface area contributed by atoms with Gasteiger partial charge in [-0.2, -0.15) is 0 Å². The molecule has 132 valence electrons. The summed E-state index contributed by atoms with van der Waals surface area (Å²) in [7, 11) is 0. The molecule has 0 radical (unpaired) electrons. The van der Waals surface area contributed by atoms with E-state index >= 15 is 0 Å². The smallest absolute Gasteiger partial charge is 0.167 e. The zero-order chi connectivity index (χ0) is 17.8. The molecular formula is C16H18N4O5. The maximum Gasteiger partial charge on any atom is 0.167 e. The number of ether oxygens (including phenoxy) is 1. The molecule has 3 aromatic heterocycles. The highest BCUT2D eigenvalue weighted by Gasteiger charge is 2.53. The maximum atomic E-state index is 10.7. The van der Waals surface area contributed by atoms with Crippen molar-refractivity contribution in [2.24, 2.45) is 0 Å². The van der Waals surface area contributed by atoms with Gasteiger partial charge in [0.15, 0.2) is 6.23 Å². The first-order valence-corrected chi connectivity index (χ1v) is 7.76. The van der Waals surface area contributed by atoms with E-state index in [0.29, 0.717) is 22.4 Å². The van der Waals surface area contributed by atoms with Gasteiger partial charge in [0.1, 0.15) is 41.4 Å². The number of anilines is 1. The van der Waals surface area contributed by atoms with Crippen LogP contribution in [0.2, 0.25) is 0 Å². The van der Waals surface area contributed by atoms with Crippen LogP contribution in [0.5, 0.6) is 0 Å². The lowest BCUT2D eigenvalue weighted by atomic mass is 9.96. The quantitative estimate of drug-likeness (QED) is 0.530. The lowest BCUT2D eigenvalue weighted by Crippen LogP contribution is -2.44. The summed E-state index contributed by atoms with van der Waals surface area (Å²) in [6.45, 7) is 1.02. The first kappa shape index (κ1) is 16.0. The van der Waals surface area contributed by atoms with E-state index in [0.717, 1.165) is 0 Å². The van der Waals surface area contributed by atoms with Crippen LogP contribution < -0.4 is 5.73 Å². The molecule has 0 bridgehead atoms. The minimum Gasteiger partial charge on any atom is -0.464 e. The first-order valence-electron chi connectivity index (χ1n) is 7.76. The number of fused-ring (bicyclic) bond motifs is 1. The van der Waals surface area contributed by atoms with Crippen molar-refractivity contribution in [2.75, 3.05) is 12.3 Å². The normalized spacial score (nSPS) is 29.5. The molecule has 1 unspecified atom stereocenters. The van der Waals surface area contributed by atoms with Gasteiger partial charge in [-0.3, -0.25) is 0 Å². The van der Waals surface area contributed by atoms with Crippen LogP contribution in [0.1, 0.15) is 13.2 Å². The van der Waals surface area contributed by atoms with Gasteiger partial charge in [0.05, 0.1) is 18.3 Å². The van der Waals surface area contributed by atoms with Gasteiger partial charge in [-0.05, 0) is 19.1 Å². The van der Waals surface area contributed by atoms with E-state index in [1.54, 1.807) is 22.9 Å². The maximum absolute atomic E-state index is 10.7. The van der Waals surface area contributed by atoms with Gasteiger partial charge in [0, 0.05) is 11.8 Å². The van der Waals surface area contributed by atoms with Gasteiger partial charge in [0.25, 0.3) is 0 Å². The Balaban J connectivity index is 1.93. The summed E-state index contributed by atoms with van der Waals surface area (Å²) in [6, 6.07) is 3.51. The molecule has 9 nitrogen and oxygen atoms in total. The second-order valence-electron chi connectivity index (χ2n) is 6.26. The Kier molecular flexibility index (Phi) is 3.55. The minimum atomic E-state index is -1.64. The zero-order valence-corrected chi connectivity index (χ0v) is 13.4. The highest BCUT2D eigenvalue weighted by atomic mass is 16.6. The second kappa shape index (κ2) is 5.53. The standard InChI is InChI=1S/C16H18N4O5/c1-16(23)12(22)10(6-21)25-15(16)20-5-8(9-3-2-4-24-9)11-13(17)18-7-19-14(11)20/h2-5,7,10,12,15,21-23H,6H2,1H3,(H2,17,18,19)/t10-,12?,15-,16-/m1/s1. The number of aromatic nitrogens is 3. The van der Waals surface area contributed by atoms with E-state index in [2.05, 4.69) is 9.97 Å². The van der Waals surface area contributed by atoms with Crippen molar-refractivity contribution in [3.63, 3.8) is 0 Å². The Morgan fingerprint density at radius 2 is 2.20 bits per heavy atom. The van der Waals surface area contributed by atoms with Crippen molar-refractivity contribution < 1.29 is 24.5 Å². The Morgan fingerprint density at radius 3 is 2.84 bits per heavy atom. The van der Waals surface area contributed by atoms with Crippen molar-refractivity contribution in [3.05, 3.63) is 30.9 Å². The topological polar surface area (TPSA) is 140 Å². The molecule has 5 N–H and O–H groups in total. The minimum absolute atomic E-state index is 0.257. The summed E-state index contributed by atoms with van der Waals surface area (Å²) in [5.41, 5.74) is 5.45. The number of nitrogens with zero attached hydrogens (tertiary/aromatic N) is 3. The van der Waals surface area contributed by atoms with Gasteiger partial charge < -0.3 is 34.8 Å². The summed E-state index contributed by atoms with van der Waals surface area (Å²) in [4.78, 5) is 8.27. The lowest BCUT2D eigenvalue weighted by Gasteiger charge is -2.27. The van der Waals surface area contributed by atoms with Crippen LogP contribution in [0.15, 0.2) is 35.3 Å². The van der Waals surface area contributed by atoms with E-state index in [-0.39, 0.29) is 5.82 Å². The van der Waals surface area contributed by atoms with Crippen LogP contribution in [0.25, 0.3) is 22.4 Å². The Hall–Kier alpha value is -2.46. The third-order valence-electron chi connectivity index (χ3n) is 4.61. The van der Waals surface area contributed by atoms with E-state index in [4.69, 9.17) is 14.9 Å². The van der Waals surface area contributed by atoms with Gasteiger partial charge in [-0.15, -0.1) is 0 Å². The number of hydrogen-bond acceptors (Lipinski definition) is 8. The highest BCUT2D eigenvalue weighted by Crippen LogP contribution is 2.42. The molecule has 25 heavy (non-hydrogen) atoms. The summed E-state index contributed by atoms with van der Waals surface area (Å²) in [5, 5.41) is 30.9. The fraction of sp³-hybridized carbons (Fsp3) is 0.375. The number of aliphatic hydroxyl groups excluding tert-OH is 2. The van der Waals surface area contributed by atoms with E-state index in [1.165, 1.54) is 19.5 Å².